The summed E-state index contributed by atoms with van der Waals surface area (Å²) < 4.78 is 36.0. The van der Waals surface area contributed by atoms with Gasteiger partial charge in [-0.1, -0.05) is 0 Å². The fourth-order valence-corrected chi connectivity index (χ4v) is 4.32. The van der Waals surface area contributed by atoms with Crippen molar-refractivity contribution in [2.75, 3.05) is 18.0 Å². The van der Waals surface area contributed by atoms with Gasteiger partial charge in [-0.3, -0.25) is 14.3 Å². The third-order valence-corrected chi connectivity index (χ3v) is 6.16. The number of halogens is 2. The summed E-state index contributed by atoms with van der Waals surface area (Å²) in [6.45, 7) is 6.42. The van der Waals surface area contributed by atoms with E-state index in [4.69, 9.17) is 4.74 Å². The minimum absolute atomic E-state index is 0.0443. The number of anilines is 1. The van der Waals surface area contributed by atoms with Crippen molar-refractivity contribution in [3.05, 3.63) is 75.6 Å². The van der Waals surface area contributed by atoms with Crippen LogP contribution in [0.3, 0.4) is 0 Å². The molecule has 0 bridgehead atoms. The van der Waals surface area contributed by atoms with Crippen LogP contribution < -0.4 is 10.5 Å². The summed E-state index contributed by atoms with van der Waals surface area (Å²) in [4.78, 5) is 33.0. The molecule has 1 aromatic carbocycles. The third kappa shape index (κ3) is 4.25. The number of rotatable bonds is 3. The standard InChI is InChI=1S/C25H24F2N6O2/c1-13-9-16(7-8-28-13)20-12-33(11-14(2)35-20)25-30-21(18-6-5-17(26)10-19(18)27)22-23(31-25)24(34)32(4)15(3)29-22/h5-10,14,20H,11-12H2,1-4H3/t14-,20-/m1/s1. The monoisotopic (exact) mass is 478 g/mol. The van der Waals surface area contributed by atoms with Crippen LogP contribution in [0.1, 0.15) is 30.1 Å². The highest BCUT2D eigenvalue weighted by molar-refractivity contribution is 5.89. The van der Waals surface area contributed by atoms with Crippen molar-refractivity contribution in [3.63, 3.8) is 0 Å². The molecule has 0 radical (unpaired) electrons. The van der Waals surface area contributed by atoms with E-state index in [1.807, 2.05) is 30.9 Å². The molecular formula is C25H24F2N6O2. The minimum Gasteiger partial charge on any atom is -0.367 e. The minimum atomic E-state index is -0.795. The van der Waals surface area contributed by atoms with E-state index >= 15 is 0 Å². The average molecular weight is 479 g/mol. The van der Waals surface area contributed by atoms with Crippen LogP contribution in [0.2, 0.25) is 0 Å². The number of fused-ring (bicyclic) bond motifs is 1. The molecule has 4 aromatic rings. The Morgan fingerprint density at radius 1 is 1.03 bits per heavy atom. The van der Waals surface area contributed by atoms with Gasteiger partial charge >= 0.3 is 0 Å². The van der Waals surface area contributed by atoms with Crippen molar-refractivity contribution in [2.45, 2.75) is 33.0 Å². The second kappa shape index (κ2) is 8.77. The van der Waals surface area contributed by atoms with Crippen molar-refractivity contribution < 1.29 is 13.5 Å². The molecule has 0 amide bonds. The first-order chi connectivity index (χ1) is 16.7. The summed E-state index contributed by atoms with van der Waals surface area (Å²) in [6, 6.07) is 7.10. The molecule has 180 valence electrons. The van der Waals surface area contributed by atoms with Crippen molar-refractivity contribution in [2.24, 2.45) is 7.05 Å². The lowest BCUT2D eigenvalue weighted by Gasteiger charge is -2.37. The molecule has 1 aliphatic heterocycles. The van der Waals surface area contributed by atoms with Crippen molar-refractivity contribution in [3.8, 4) is 11.3 Å². The van der Waals surface area contributed by atoms with E-state index in [0.29, 0.717) is 18.9 Å². The third-order valence-electron chi connectivity index (χ3n) is 6.16. The Kier molecular flexibility index (Phi) is 5.76. The molecule has 0 saturated carbocycles. The summed E-state index contributed by atoms with van der Waals surface area (Å²) in [5.41, 5.74) is 1.88. The zero-order valence-corrected chi connectivity index (χ0v) is 19.8. The second-order valence-corrected chi connectivity index (χ2v) is 8.79. The molecule has 4 heterocycles. The molecular weight excluding hydrogens is 454 g/mol. The maximum Gasteiger partial charge on any atom is 0.279 e. The number of ether oxygens (including phenoxy) is 1. The summed E-state index contributed by atoms with van der Waals surface area (Å²) in [5, 5.41) is 0. The highest BCUT2D eigenvalue weighted by Gasteiger charge is 2.30. The predicted octanol–water partition coefficient (Wildman–Crippen LogP) is 3.65. The lowest BCUT2D eigenvalue weighted by Crippen LogP contribution is -2.44. The Labute approximate surface area is 200 Å². The predicted molar refractivity (Wildman–Crippen MR) is 127 cm³/mol. The van der Waals surface area contributed by atoms with Crippen molar-refractivity contribution in [1.29, 1.82) is 0 Å². The van der Waals surface area contributed by atoms with E-state index in [9.17, 15) is 13.6 Å². The molecule has 1 saturated heterocycles. The Morgan fingerprint density at radius 2 is 1.83 bits per heavy atom. The number of nitrogens with zero attached hydrogens (tertiary/aromatic N) is 6. The normalized spacial score (nSPS) is 18.3. The lowest BCUT2D eigenvalue weighted by atomic mass is 10.1. The highest BCUT2D eigenvalue weighted by atomic mass is 19.1. The Morgan fingerprint density at radius 3 is 2.57 bits per heavy atom. The first-order valence-corrected chi connectivity index (χ1v) is 11.2. The van der Waals surface area contributed by atoms with Gasteiger partial charge in [-0.05, 0) is 50.6 Å². The average Bonchev–Trinajstić information content (AvgIpc) is 2.82. The highest BCUT2D eigenvalue weighted by Crippen LogP contribution is 2.32. The van der Waals surface area contributed by atoms with Gasteiger partial charge < -0.3 is 9.64 Å². The number of hydrogen-bond donors (Lipinski definition) is 0. The number of pyridine rings is 1. The Bertz CT molecular complexity index is 1510. The van der Waals surface area contributed by atoms with E-state index in [1.165, 1.54) is 10.6 Å². The van der Waals surface area contributed by atoms with E-state index in [2.05, 4.69) is 19.9 Å². The van der Waals surface area contributed by atoms with Gasteiger partial charge in [0.05, 0.1) is 12.6 Å². The van der Waals surface area contributed by atoms with Crippen LogP contribution in [0.4, 0.5) is 14.7 Å². The zero-order chi connectivity index (χ0) is 24.9. The summed E-state index contributed by atoms with van der Waals surface area (Å²) in [5.74, 6) is -0.820. The summed E-state index contributed by atoms with van der Waals surface area (Å²) >= 11 is 0. The van der Waals surface area contributed by atoms with Gasteiger partial charge in [-0.25, -0.2) is 23.7 Å². The van der Waals surface area contributed by atoms with Gasteiger partial charge in [0.25, 0.3) is 5.56 Å². The molecule has 0 unspecified atom stereocenters. The Hall–Kier alpha value is -3.79. The van der Waals surface area contributed by atoms with Gasteiger partial charge in [0.1, 0.15) is 34.8 Å². The van der Waals surface area contributed by atoms with Gasteiger partial charge in [0.15, 0.2) is 5.52 Å². The summed E-state index contributed by atoms with van der Waals surface area (Å²) in [6.07, 6.45) is 1.30. The van der Waals surface area contributed by atoms with Crippen molar-refractivity contribution >= 4 is 17.0 Å². The molecule has 1 aliphatic rings. The first kappa shape index (κ1) is 23.0. The maximum atomic E-state index is 14.9. The number of benzene rings is 1. The largest absolute Gasteiger partial charge is 0.367 e. The Balaban J connectivity index is 1.68. The molecule has 1 fully saturated rings. The number of aryl methyl sites for hydroxylation is 2. The van der Waals surface area contributed by atoms with Gasteiger partial charge in [0.2, 0.25) is 5.95 Å². The topological polar surface area (TPSA) is 86.0 Å². The number of morpholine rings is 1. The molecule has 0 aliphatic carbocycles. The van der Waals surface area contributed by atoms with Crippen LogP contribution in [0.5, 0.6) is 0 Å². The van der Waals surface area contributed by atoms with E-state index in [0.717, 1.165) is 23.4 Å². The molecule has 5 rings (SSSR count). The molecule has 8 nitrogen and oxygen atoms in total. The van der Waals surface area contributed by atoms with Gasteiger partial charge in [-0.15, -0.1) is 0 Å². The quantitative estimate of drug-likeness (QED) is 0.444. The van der Waals surface area contributed by atoms with Crippen LogP contribution in [-0.2, 0) is 11.8 Å². The zero-order valence-electron chi connectivity index (χ0n) is 19.8. The van der Waals surface area contributed by atoms with E-state index in [-0.39, 0.29) is 46.0 Å². The van der Waals surface area contributed by atoms with Crippen LogP contribution >= 0.6 is 0 Å². The molecule has 2 atom stereocenters. The van der Waals surface area contributed by atoms with Gasteiger partial charge in [0, 0.05) is 37.1 Å². The molecule has 3 aromatic heterocycles. The summed E-state index contributed by atoms with van der Waals surface area (Å²) in [7, 11) is 1.60. The second-order valence-electron chi connectivity index (χ2n) is 8.79. The van der Waals surface area contributed by atoms with Crippen LogP contribution in [-0.4, -0.2) is 43.7 Å². The number of hydrogen-bond acceptors (Lipinski definition) is 7. The first-order valence-electron chi connectivity index (χ1n) is 11.2. The number of aromatic nitrogens is 5. The SMILES string of the molecule is Cc1cc([C@H]2CN(c3nc(-c4ccc(F)cc4F)c4nc(C)n(C)c(=O)c4n3)C[C@@H](C)O2)ccn1. The fraction of sp³-hybridized carbons (Fsp3) is 0.320. The van der Waals surface area contributed by atoms with Gasteiger partial charge in [-0.2, -0.15) is 0 Å². The van der Waals surface area contributed by atoms with E-state index < -0.39 is 11.6 Å². The maximum absolute atomic E-state index is 14.9. The van der Waals surface area contributed by atoms with Crippen LogP contribution in [0, 0.1) is 25.5 Å². The molecule has 10 heteroatoms. The van der Waals surface area contributed by atoms with Crippen molar-refractivity contribution in [1.82, 2.24) is 24.5 Å². The van der Waals surface area contributed by atoms with Crippen LogP contribution in [0.15, 0.2) is 41.3 Å². The fourth-order valence-electron chi connectivity index (χ4n) is 4.32. The molecule has 0 N–H and O–H groups in total. The lowest BCUT2D eigenvalue weighted by molar-refractivity contribution is -0.0179. The molecule has 0 spiro atoms. The molecule has 35 heavy (non-hydrogen) atoms. The van der Waals surface area contributed by atoms with E-state index in [1.54, 1.807) is 20.2 Å². The smallest absolute Gasteiger partial charge is 0.279 e. The van der Waals surface area contributed by atoms with Crippen LogP contribution in [0.25, 0.3) is 22.3 Å².